The van der Waals surface area contributed by atoms with Gasteiger partial charge >= 0.3 is 12.1 Å². The van der Waals surface area contributed by atoms with Crippen LogP contribution in [0.15, 0.2) is 48.7 Å². The van der Waals surface area contributed by atoms with E-state index in [2.05, 4.69) is 10.3 Å². The number of pyridine rings is 1. The van der Waals surface area contributed by atoms with Crippen molar-refractivity contribution in [3.63, 3.8) is 0 Å². The predicted octanol–water partition coefficient (Wildman–Crippen LogP) is 3.66. The molecule has 1 atom stereocenters. The molecule has 2 aromatic heterocycles. The highest BCUT2D eigenvalue weighted by Gasteiger charge is 2.27. The van der Waals surface area contributed by atoms with Gasteiger partial charge < -0.3 is 19.6 Å². The maximum Gasteiger partial charge on any atom is 0.408 e. The van der Waals surface area contributed by atoms with E-state index in [4.69, 9.17) is 4.74 Å². The Hall–Kier alpha value is -3.42. The molecule has 3 rings (SSSR count). The van der Waals surface area contributed by atoms with E-state index in [1.54, 1.807) is 55.6 Å². The number of aromatic nitrogens is 2. The van der Waals surface area contributed by atoms with Crippen LogP contribution in [0.5, 0.6) is 0 Å². The van der Waals surface area contributed by atoms with Crippen molar-refractivity contribution in [2.45, 2.75) is 38.8 Å². The first-order valence-electron chi connectivity index (χ1n) is 9.08. The fraction of sp³-hybridized carbons (Fsp3) is 0.286. The van der Waals surface area contributed by atoms with Crippen molar-refractivity contribution in [1.29, 1.82) is 0 Å². The zero-order chi connectivity index (χ0) is 21.2. The Morgan fingerprint density at radius 1 is 1.21 bits per heavy atom. The Labute approximate surface area is 167 Å². The molecule has 0 aliphatic heterocycles. The van der Waals surface area contributed by atoms with Crippen LogP contribution in [0.25, 0.3) is 16.9 Å². The van der Waals surface area contributed by atoms with Crippen LogP contribution in [0.1, 0.15) is 26.5 Å². The van der Waals surface area contributed by atoms with Crippen LogP contribution in [0.4, 0.5) is 9.18 Å². The highest BCUT2D eigenvalue weighted by molar-refractivity contribution is 5.81. The molecule has 0 saturated carbocycles. The van der Waals surface area contributed by atoms with Gasteiger partial charge in [0, 0.05) is 18.2 Å². The average Bonchev–Trinajstić information content (AvgIpc) is 2.99. The van der Waals surface area contributed by atoms with Gasteiger partial charge in [-0.25, -0.2) is 19.0 Å². The maximum absolute atomic E-state index is 13.3. The van der Waals surface area contributed by atoms with Gasteiger partial charge in [-0.1, -0.05) is 6.07 Å². The molecule has 2 heterocycles. The minimum atomic E-state index is -1.23. The molecule has 1 unspecified atom stereocenters. The van der Waals surface area contributed by atoms with Crippen LogP contribution in [-0.2, 0) is 16.0 Å². The molecule has 0 spiro atoms. The molecule has 0 radical (unpaired) electrons. The number of benzene rings is 1. The summed E-state index contributed by atoms with van der Waals surface area (Å²) in [5.41, 5.74) is 1.61. The van der Waals surface area contributed by atoms with Crippen molar-refractivity contribution in [3.05, 3.63) is 60.2 Å². The molecule has 0 fully saturated rings. The number of alkyl carbamates (subject to hydrolysis) is 1. The first-order valence-corrected chi connectivity index (χ1v) is 9.08. The number of hydrogen-bond donors (Lipinski definition) is 2. The van der Waals surface area contributed by atoms with Crippen molar-refractivity contribution >= 4 is 17.7 Å². The number of nitrogens with one attached hydrogen (secondary N) is 1. The number of carboxylic acid groups (broad SMARTS) is 1. The largest absolute Gasteiger partial charge is 0.480 e. The number of rotatable bonds is 5. The summed E-state index contributed by atoms with van der Waals surface area (Å²) in [5.74, 6) is -1.58. The monoisotopic (exact) mass is 399 g/mol. The Kier molecular flexibility index (Phi) is 5.54. The lowest BCUT2D eigenvalue weighted by atomic mass is 10.0. The summed E-state index contributed by atoms with van der Waals surface area (Å²) < 4.78 is 20.3. The van der Waals surface area contributed by atoms with Gasteiger partial charge in [-0.05, 0) is 57.2 Å². The first-order chi connectivity index (χ1) is 13.6. The molecule has 8 heteroatoms. The molecule has 0 bridgehead atoms. The van der Waals surface area contributed by atoms with Crippen molar-refractivity contribution in [2.75, 3.05) is 0 Å². The predicted molar refractivity (Wildman–Crippen MR) is 105 cm³/mol. The minimum Gasteiger partial charge on any atom is -0.480 e. The number of ether oxygens (including phenoxy) is 1. The van der Waals surface area contributed by atoms with E-state index < -0.39 is 23.7 Å². The molecule has 152 valence electrons. The van der Waals surface area contributed by atoms with E-state index >= 15 is 0 Å². The average molecular weight is 399 g/mol. The lowest BCUT2D eigenvalue weighted by Crippen LogP contribution is -2.44. The van der Waals surface area contributed by atoms with Crippen molar-refractivity contribution < 1.29 is 23.8 Å². The number of aliphatic carboxylic acids is 1. The van der Waals surface area contributed by atoms with Gasteiger partial charge in [0.1, 0.15) is 23.1 Å². The van der Waals surface area contributed by atoms with E-state index in [1.165, 1.54) is 12.1 Å². The first kappa shape index (κ1) is 20.3. The Morgan fingerprint density at radius 3 is 2.52 bits per heavy atom. The normalized spacial score (nSPS) is 12.6. The fourth-order valence-electron chi connectivity index (χ4n) is 2.92. The molecule has 1 amide bonds. The number of amides is 1. The number of hydrogen-bond acceptors (Lipinski definition) is 4. The third-order valence-corrected chi connectivity index (χ3v) is 4.13. The summed E-state index contributed by atoms with van der Waals surface area (Å²) in [6, 6.07) is 9.96. The summed E-state index contributed by atoms with van der Waals surface area (Å²) in [6.45, 7) is 5.08. The van der Waals surface area contributed by atoms with E-state index in [0.29, 0.717) is 22.6 Å². The van der Waals surface area contributed by atoms with Crippen LogP contribution >= 0.6 is 0 Å². The van der Waals surface area contributed by atoms with Crippen molar-refractivity contribution in [2.24, 2.45) is 0 Å². The second-order valence-electron chi connectivity index (χ2n) is 7.58. The molecule has 3 aromatic rings. The minimum absolute atomic E-state index is 0.0353. The van der Waals surface area contributed by atoms with E-state index in [0.717, 1.165) is 0 Å². The van der Waals surface area contributed by atoms with Gasteiger partial charge in [0.2, 0.25) is 0 Å². The zero-order valence-electron chi connectivity index (χ0n) is 16.3. The lowest BCUT2D eigenvalue weighted by Gasteiger charge is -2.22. The Bertz CT molecular complexity index is 1040. The van der Waals surface area contributed by atoms with Crippen molar-refractivity contribution in [1.82, 2.24) is 14.7 Å². The maximum atomic E-state index is 13.3. The number of carbonyl (C=O) groups is 2. The Balaban J connectivity index is 1.98. The molecular formula is C21H22FN3O4. The Morgan fingerprint density at radius 2 is 1.90 bits per heavy atom. The molecule has 29 heavy (non-hydrogen) atoms. The third kappa shape index (κ3) is 4.90. The molecule has 2 N–H and O–H groups in total. The van der Waals surface area contributed by atoms with Crippen LogP contribution in [-0.4, -0.2) is 38.2 Å². The second-order valence-corrected chi connectivity index (χ2v) is 7.58. The highest BCUT2D eigenvalue weighted by Crippen LogP contribution is 2.26. The molecular weight excluding hydrogens is 377 g/mol. The highest BCUT2D eigenvalue weighted by atomic mass is 19.1. The zero-order valence-corrected chi connectivity index (χ0v) is 16.3. The van der Waals surface area contributed by atoms with E-state index in [9.17, 15) is 19.1 Å². The SMILES string of the molecule is CC(C)(C)OC(=O)NC(Cc1c(-c2ccc(F)cc2)nc2ccccn12)C(=O)O. The quantitative estimate of drug-likeness (QED) is 0.683. The van der Waals surface area contributed by atoms with Crippen LogP contribution in [0.3, 0.4) is 0 Å². The molecule has 0 aliphatic carbocycles. The second kappa shape index (κ2) is 7.90. The van der Waals surface area contributed by atoms with E-state index in [1.807, 2.05) is 6.07 Å². The summed E-state index contributed by atoms with van der Waals surface area (Å²) >= 11 is 0. The summed E-state index contributed by atoms with van der Waals surface area (Å²) in [5, 5.41) is 12.0. The lowest BCUT2D eigenvalue weighted by molar-refractivity contribution is -0.139. The molecule has 7 nitrogen and oxygen atoms in total. The standard InChI is InChI=1S/C21H22FN3O4/c1-21(2,3)29-20(28)23-15(19(26)27)12-16-18(13-7-9-14(22)10-8-13)24-17-6-4-5-11-25(16)17/h4-11,15H,12H2,1-3H3,(H,23,28)(H,26,27). The van der Waals surface area contributed by atoms with Gasteiger partial charge in [-0.3, -0.25) is 0 Å². The smallest absolute Gasteiger partial charge is 0.408 e. The molecule has 0 aliphatic rings. The van der Waals surface area contributed by atoms with Gasteiger partial charge in [-0.15, -0.1) is 0 Å². The number of carboxylic acids is 1. The summed E-state index contributed by atoms with van der Waals surface area (Å²) in [4.78, 5) is 28.5. The number of carbonyl (C=O) groups excluding carboxylic acids is 1. The van der Waals surface area contributed by atoms with Gasteiger partial charge in [0.05, 0.1) is 11.4 Å². The number of imidazole rings is 1. The van der Waals surface area contributed by atoms with Gasteiger partial charge in [-0.2, -0.15) is 0 Å². The topological polar surface area (TPSA) is 92.9 Å². The van der Waals surface area contributed by atoms with Gasteiger partial charge in [0.15, 0.2) is 0 Å². The molecule has 0 saturated heterocycles. The fourth-order valence-corrected chi connectivity index (χ4v) is 2.92. The number of halogens is 1. The van der Waals surface area contributed by atoms with Crippen LogP contribution in [0.2, 0.25) is 0 Å². The van der Waals surface area contributed by atoms with Crippen molar-refractivity contribution in [3.8, 4) is 11.3 Å². The number of fused-ring (bicyclic) bond motifs is 1. The molecule has 1 aromatic carbocycles. The summed E-state index contributed by atoms with van der Waals surface area (Å²) in [7, 11) is 0. The van der Waals surface area contributed by atoms with Gasteiger partial charge in [0.25, 0.3) is 0 Å². The third-order valence-electron chi connectivity index (χ3n) is 4.13. The van der Waals surface area contributed by atoms with Crippen LogP contribution in [0, 0.1) is 5.82 Å². The van der Waals surface area contributed by atoms with Crippen LogP contribution < -0.4 is 5.32 Å². The number of nitrogens with zero attached hydrogens (tertiary/aromatic N) is 2. The van der Waals surface area contributed by atoms with E-state index in [-0.39, 0.29) is 12.2 Å². The summed E-state index contributed by atoms with van der Waals surface area (Å²) in [6.07, 6.45) is 0.908.